The van der Waals surface area contributed by atoms with Crippen molar-refractivity contribution in [2.24, 2.45) is 0 Å². The molecule has 0 bridgehead atoms. The highest BCUT2D eigenvalue weighted by atomic mass is 32.2. The van der Waals surface area contributed by atoms with Gasteiger partial charge in [0.25, 0.3) is 0 Å². The molecule has 0 aliphatic rings. The van der Waals surface area contributed by atoms with E-state index in [2.05, 4.69) is 26.4 Å². The number of rotatable bonds is 7. The van der Waals surface area contributed by atoms with Crippen LogP contribution in [0.25, 0.3) is 5.69 Å². The molecule has 3 rings (SSSR count). The normalized spacial score (nSPS) is 10.5. The van der Waals surface area contributed by atoms with Crippen molar-refractivity contribution in [3.63, 3.8) is 0 Å². The Balaban J connectivity index is 1.66. The van der Waals surface area contributed by atoms with Crippen LogP contribution in [0.1, 0.15) is 15.4 Å². The number of esters is 1. The lowest BCUT2D eigenvalue weighted by Gasteiger charge is -2.10. The second kappa shape index (κ2) is 8.63. The van der Waals surface area contributed by atoms with Crippen LogP contribution in [0.5, 0.6) is 0 Å². The first-order valence-corrected chi connectivity index (χ1v) is 9.71. The maximum Gasteiger partial charge on any atom is 0.360 e. The number of hydrogen-bond acceptors (Lipinski definition) is 7. The number of amides is 1. The molecule has 26 heavy (non-hydrogen) atoms. The largest absolute Gasteiger partial charge is 0.464 e. The average molecular weight is 388 g/mol. The number of ether oxygens (including phenoxy) is 1. The summed E-state index contributed by atoms with van der Waals surface area (Å²) in [6.45, 7) is 0. The van der Waals surface area contributed by atoms with Gasteiger partial charge < -0.3 is 10.1 Å². The number of para-hydroxylation sites is 2. The summed E-state index contributed by atoms with van der Waals surface area (Å²) in [5.41, 5.74) is 1.31. The summed E-state index contributed by atoms with van der Waals surface area (Å²) in [7, 11) is 1.28. The van der Waals surface area contributed by atoms with E-state index in [0.29, 0.717) is 17.1 Å². The molecular formula is C17H16N4O3S2. The first-order chi connectivity index (χ1) is 12.7. The zero-order chi connectivity index (χ0) is 18.4. The van der Waals surface area contributed by atoms with Gasteiger partial charge in [0, 0.05) is 10.6 Å². The Hall–Kier alpha value is -2.65. The molecule has 2 heterocycles. The maximum absolute atomic E-state index is 12.2. The van der Waals surface area contributed by atoms with Crippen molar-refractivity contribution < 1.29 is 14.3 Å². The predicted molar refractivity (Wildman–Crippen MR) is 102 cm³/mol. The van der Waals surface area contributed by atoms with Gasteiger partial charge in [-0.1, -0.05) is 23.4 Å². The summed E-state index contributed by atoms with van der Waals surface area (Å²) in [5, 5.41) is 12.6. The first kappa shape index (κ1) is 18.2. The quantitative estimate of drug-likeness (QED) is 0.626. The molecule has 3 aromatic rings. The third-order valence-electron chi connectivity index (χ3n) is 3.37. The third-order valence-corrected chi connectivity index (χ3v) is 5.41. The van der Waals surface area contributed by atoms with E-state index in [1.54, 1.807) is 35.2 Å². The molecule has 0 saturated carbocycles. The lowest BCUT2D eigenvalue weighted by Crippen LogP contribution is -2.16. The summed E-state index contributed by atoms with van der Waals surface area (Å²) in [5.74, 6) is 0.477. The molecule has 0 unspecified atom stereocenters. The Morgan fingerprint density at radius 2 is 2.12 bits per heavy atom. The average Bonchev–Trinajstić information content (AvgIpc) is 3.33. The second-order valence-electron chi connectivity index (χ2n) is 5.18. The Bertz CT molecular complexity index is 893. The Morgan fingerprint density at radius 1 is 1.27 bits per heavy atom. The van der Waals surface area contributed by atoms with E-state index >= 15 is 0 Å². The number of anilines is 1. The third kappa shape index (κ3) is 4.50. The molecule has 0 aliphatic heterocycles. The smallest absolute Gasteiger partial charge is 0.360 e. The molecule has 1 amide bonds. The molecule has 0 saturated heterocycles. The van der Waals surface area contributed by atoms with Crippen LogP contribution in [0.15, 0.2) is 48.0 Å². The van der Waals surface area contributed by atoms with E-state index in [1.807, 2.05) is 23.6 Å². The van der Waals surface area contributed by atoms with E-state index in [1.165, 1.54) is 22.9 Å². The van der Waals surface area contributed by atoms with E-state index < -0.39 is 5.97 Å². The number of aromatic nitrogens is 3. The van der Waals surface area contributed by atoms with Crippen molar-refractivity contribution in [3.05, 3.63) is 58.5 Å². The van der Waals surface area contributed by atoms with Crippen LogP contribution in [-0.2, 0) is 15.3 Å². The lowest BCUT2D eigenvalue weighted by molar-refractivity contribution is -0.113. The molecule has 1 aromatic carbocycles. The number of hydrogen-bond donors (Lipinski definition) is 1. The van der Waals surface area contributed by atoms with Crippen molar-refractivity contribution in [3.8, 4) is 5.69 Å². The van der Waals surface area contributed by atoms with Crippen LogP contribution in [0, 0.1) is 0 Å². The van der Waals surface area contributed by atoms with Crippen LogP contribution in [0.4, 0.5) is 5.69 Å². The van der Waals surface area contributed by atoms with Gasteiger partial charge in [-0.25, -0.2) is 9.48 Å². The van der Waals surface area contributed by atoms with Crippen LogP contribution in [-0.4, -0.2) is 39.7 Å². The highest BCUT2D eigenvalue weighted by Gasteiger charge is 2.14. The fourth-order valence-electron chi connectivity index (χ4n) is 2.18. The highest BCUT2D eigenvalue weighted by molar-refractivity contribution is 7.99. The van der Waals surface area contributed by atoms with Crippen molar-refractivity contribution in [2.45, 2.75) is 5.75 Å². The number of carbonyl (C=O) groups excluding carboxylic acids is 2. The molecule has 9 heteroatoms. The summed E-state index contributed by atoms with van der Waals surface area (Å²) in [6.07, 6.45) is 1.46. The number of thioether (sulfide) groups is 1. The van der Waals surface area contributed by atoms with Gasteiger partial charge in [0.05, 0.1) is 30.4 Å². The van der Waals surface area contributed by atoms with Crippen LogP contribution in [0.3, 0.4) is 0 Å². The van der Waals surface area contributed by atoms with Gasteiger partial charge in [-0.05, 0) is 23.6 Å². The minimum atomic E-state index is -0.567. The number of benzene rings is 1. The van der Waals surface area contributed by atoms with Gasteiger partial charge in [-0.15, -0.1) is 28.2 Å². The molecule has 2 aromatic heterocycles. The minimum Gasteiger partial charge on any atom is -0.464 e. The zero-order valence-electron chi connectivity index (χ0n) is 13.9. The molecule has 0 radical (unpaired) electrons. The highest BCUT2D eigenvalue weighted by Crippen LogP contribution is 2.21. The summed E-state index contributed by atoms with van der Waals surface area (Å²) >= 11 is 3.23. The maximum atomic E-state index is 12.2. The first-order valence-electron chi connectivity index (χ1n) is 7.67. The number of carbonyl (C=O) groups is 2. The van der Waals surface area contributed by atoms with Gasteiger partial charge in [0.2, 0.25) is 5.91 Å². The Labute approximate surface area is 158 Å². The summed E-state index contributed by atoms with van der Waals surface area (Å²) < 4.78 is 6.06. The van der Waals surface area contributed by atoms with Crippen LogP contribution < -0.4 is 5.32 Å². The Kier molecular flexibility index (Phi) is 6.03. The second-order valence-corrected chi connectivity index (χ2v) is 7.20. The molecule has 0 spiro atoms. The van der Waals surface area contributed by atoms with Gasteiger partial charge in [0.1, 0.15) is 0 Å². The van der Waals surface area contributed by atoms with Gasteiger partial charge in [-0.3, -0.25) is 4.79 Å². The minimum absolute atomic E-state index is 0.0973. The van der Waals surface area contributed by atoms with Crippen molar-refractivity contribution in [2.75, 3.05) is 18.2 Å². The fraction of sp³-hybridized carbons (Fsp3) is 0.176. The molecule has 0 aliphatic carbocycles. The van der Waals surface area contributed by atoms with E-state index in [4.69, 9.17) is 0 Å². The summed E-state index contributed by atoms with van der Waals surface area (Å²) in [6, 6.07) is 11.2. The van der Waals surface area contributed by atoms with E-state index in [9.17, 15) is 9.59 Å². The standard InChI is InChI=1S/C17H16N4O3S2/c1-24-17(23)14-9-21(20-19-14)15-7-3-2-6-13(15)18-16(22)11-25-10-12-5-4-8-26-12/h2-9H,10-11H2,1H3,(H,18,22). The number of thiophene rings is 1. The van der Waals surface area contributed by atoms with Crippen LogP contribution in [0.2, 0.25) is 0 Å². The molecule has 0 fully saturated rings. The van der Waals surface area contributed by atoms with E-state index in [-0.39, 0.29) is 11.6 Å². The molecule has 0 atom stereocenters. The van der Waals surface area contributed by atoms with Gasteiger partial charge >= 0.3 is 5.97 Å². The molecule has 134 valence electrons. The monoisotopic (exact) mass is 388 g/mol. The topological polar surface area (TPSA) is 86.1 Å². The van der Waals surface area contributed by atoms with Gasteiger partial charge in [0.15, 0.2) is 5.69 Å². The summed E-state index contributed by atoms with van der Waals surface area (Å²) in [4.78, 5) is 25.0. The number of nitrogens with zero attached hydrogens (tertiary/aromatic N) is 3. The van der Waals surface area contributed by atoms with Gasteiger partial charge in [-0.2, -0.15) is 0 Å². The Morgan fingerprint density at radius 3 is 2.88 bits per heavy atom. The zero-order valence-corrected chi connectivity index (χ0v) is 15.5. The molecule has 7 nitrogen and oxygen atoms in total. The molecule has 1 N–H and O–H groups in total. The van der Waals surface area contributed by atoms with Crippen molar-refractivity contribution in [1.82, 2.24) is 15.0 Å². The number of nitrogens with one attached hydrogen (secondary N) is 1. The van der Waals surface area contributed by atoms with Crippen LogP contribution >= 0.6 is 23.1 Å². The lowest BCUT2D eigenvalue weighted by atomic mass is 10.2. The fourth-order valence-corrected chi connectivity index (χ4v) is 3.85. The predicted octanol–water partition coefficient (Wildman–Crippen LogP) is 2.99. The number of methoxy groups -OCH3 is 1. The molecular weight excluding hydrogens is 372 g/mol. The van der Waals surface area contributed by atoms with Crippen molar-refractivity contribution >= 4 is 40.7 Å². The van der Waals surface area contributed by atoms with Crippen molar-refractivity contribution in [1.29, 1.82) is 0 Å². The van der Waals surface area contributed by atoms with E-state index in [0.717, 1.165) is 5.75 Å². The SMILES string of the molecule is COC(=O)c1cn(-c2ccccc2NC(=O)CSCc2cccs2)nn1.